The number of nitrogen functional groups attached to an aromatic ring is 1. The highest BCUT2D eigenvalue weighted by atomic mass is 16.3. The van der Waals surface area contributed by atoms with Crippen LogP contribution in [-0.2, 0) is 6.42 Å². The molecule has 2 rings (SSSR count). The predicted molar refractivity (Wildman–Crippen MR) is 61.7 cm³/mol. The maximum atomic E-state index is 5.75. The van der Waals surface area contributed by atoms with Gasteiger partial charge in [-0.1, -0.05) is 13.8 Å². The van der Waals surface area contributed by atoms with Crippen LogP contribution >= 0.6 is 0 Å². The number of anilines is 1. The van der Waals surface area contributed by atoms with Gasteiger partial charge in [0, 0.05) is 12.1 Å². The molecule has 0 unspecified atom stereocenters. The van der Waals surface area contributed by atoms with Crippen LogP contribution in [0.4, 0.5) is 5.69 Å². The number of nitrogens with two attached hydrogens (primary N) is 1. The molecule has 1 heterocycles. The van der Waals surface area contributed by atoms with Gasteiger partial charge in [-0.3, -0.25) is 0 Å². The summed E-state index contributed by atoms with van der Waals surface area (Å²) in [5.74, 6) is 1.35. The molecule has 0 aliphatic heterocycles. The normalized spacial score (nSPS) is 11.5. The van der Waals surface area contributed by atoms with Crippen LogP contribution in [0.25, 0.3) is 11.1 Å². The van der Waals surface area contributed by atoms with E-state index in [-0.39, 0.29) is 0 Å². The van der Waals surface area contributed by atoms with E-state index in [1.54, 1.807) is 0 Å². The fourth-order valence-electron chi connectivity index (χ4n) is 1.71. The van der Waals surface area contributed by atoms with E-state index in [9.17, 15) is 0 Å². The number of hydrogen-bond donors (Lipinski definition) is 1. The summed E-state index contributed by atoms with van der Waals surface area (Å²) in [6.07, 6.45) is 0.869. The SMILES string of the molecule is Cc1cc(N)cc2nc(CC(C)C)oc12. The first kappa shape index (κ1) is 10.0. The van der Waals surface area contributed by atoms with Gasteiger partial charge in [0.1, 0.15) is 5.52 Å². The fourth-order valence-corrected chi connectivity index (χ4v) is 1.71. The first-order valence-electron chi connectivity index (χ1n) is 5.22. The predicted octanol–water partition coefficient (Wildman–Crippen LogP) is 2.92. The molecule has 2 N–H and O–H groups in total. The van der Waals surface area contributed by atoms with Crippen molar-refractivity contribution < 1.29 is 4.42 Å². The molecule has 1 aromatic heterocycles. The maximum Gasteiger partial charge on any atom is 0.195 e. The van der Waals surface area contributed by atoms with Crippen LogP contribution in [0, 0.1) is 12.8 Å². The van der Waals surface area contributed by atoms with E-state index in [1.807, 2.05) is 19.1 Å². The molecule has 0 aliphatic rings. The van der Waals surface area contributed by atoms with Crippen molar-refractivity contribution in [3.8, 4) is 0 Å². The number of aromatic nitrogens is 1. The summed E-state index contributed by atoms with van der Waals surface area (Å²) in [5.41, 5.74) is 9.27. The van der Waals surface area contributed by atoms with Gasteiger partial charge in [0.2, 0.25) is 0 Å². The van der Waals surface area contributed by atoms with Crippen molar-refractivity contribution in [3.63, 3.8) is 0 Å². The lowest BCUT2D eigenvalue weighted by molar-refractivity contribution is 0.481. The number of nitrogens with zero attached hydrogens (tertiary/aromatic N) is 1. The Kier molecular flexibility index (Phi) is 2.39. The minimum absolute atomic E-state index is 0.552. The first-order chi connectivity index (χ1) is 7.06. The van der Waals surface area contributed by atoms with Gasteiger partial charge in [0.25, 0.3) is 0 Å². The molecule has 0 saturated carbocycles. The van der Waals surface area contributed by atoms with Crippen LogP contribution in [0.15, 0.2) is 16.5 Å². The molecule has 80 valence electrons. The minimum atomic E-state index is 0.552. The Bertz CT molecular complexity index is 486. The zero-order valence-corrected chi connectivity index (χ0v) is 9.37. The van der Waals surface area contributed by atoms with Crippen LogP contribution in [-0.4, -0.2) is 4.98 Å². The molecule has 2 aromatic rings. The Hall–Kier alpha value is -1.51. The molecule has 3 heteroatoms. The Morgan fingerprint density at radius 2 is 2.13 bits per heavy atom. The number of hydrogen-bond acceptors (Lipinski definition) is 3. The average Bonchev–Trinajstić information content (AvgIpc) is 2.45. The summed E-state index contributed by atoms with van der Waals surface area (Å²) in [6, 6.07) is 3.77. The molecule has 3 nitrogen and oxygen atoms in total. The largest absolute Gasteiger partial charge is 0.440 e. The number of aryl methyl sites for hydroxylation is 1. The van der Waals surface area contributed by atoms with E-state index < -0.39 is 0 Å². The summed E-state index contributed by atoms with van der Waals surface area (Å²) in [5, 5.41) is 0. The third-order valence-corrected chi connectivity index (χ3v) is 2.33. The van der Waals surface area contributed by atoms with Gasteiger partial charge in [0.15, 0.2) is 11.5 Å². The topological polar surface area (TPSA) is 52.0 Å². The molecule has 1 aromatic carbocycles. The molecular formula is C12H16N2O. The van der Waals surface area contributed by atoms with Gasteiger partial charge in [-0.05, 0) is 30.5 Å². The molecule has 15 heavy (non-hydrogen) atoms. The zero-order valence-electron chi connectivity index (χ0n) is 9.37. The highest BCUT2D eigenvalue weighted by molar-refractivity contribution is 5.80. The monoisotopic (exact) mass is 204 g/mol. The van der Waals surface area contributed by atoms with Crippen molar-refractivity contribution in [1.82, 2.24) is 4.98 Å². The standard InChI is InChI=1S/C12H16N2O/c1-7(2)4-11-14-10-6-9(13)5-8(3)12(10)15-11/h5-7H,4,13H2,1-3H3. The minimum Gasteiger partial charge on any atom is -0.440 e. The lowest BCUT2D eigenvalue weighted by atomic mass is 10.1. The lowest BCUT2D eigenvalue weighted by Crippen LogP contribution is -1.93. The van der Waals surface area contributed by atoms with Crippen molar-refractivity contribution in [2.75, 3.05) is 5.73 Å². The van der Waals surface area contributed by atoms with Gasteiger partial charge in [-0.2, -0.15) is 0 Å². The van der Waals surface area contributed by atoms with Crippen molar-refractivity contribution in [1.29, 1.82) is 0 Å². The van der Waals surface area contributed by atoms with Crippen molar-refractivity contribution in [2.45, 2.75) is 27.2 Å². The maximum absolute atomic E-state index is 5.75. The van der Waals surface area contributed by atoms with Crippen molar-refractivity contribution in [2.24, 2.45) is 5.92 Å². The van der Waals surface area contributed by atoms with E-state index in [0.717, 1.165) is 34.7 Å². The highest BCUT2D eigenvalue weighted by Crippen LogP contribution is 2.23. The molecule has 0 fully saturated rings. The van der Waals surface area contributed by atoms with Crippen molar-refractivity contribution in [3.05, 3.63) is 23.6 Å². The van der Waals surface area contributed by atoms with Crippen LogP contribution in [0.2, 0.25) is 0 Å². The quantitative estimate of drug-likeness (QED) is 0.765. The molecule has 0 saturated heterocycles. The second-order valence-corrected chi connectivity index (χ2v) is 4.39. The van der Waals surface area contributed by atoms with E-state index >= 15 is 0 Å². The van der Waals surface area contributed by atoms with E-state index in [1.165, 1.54) is 0 Å². The molecule has 0 amide bonds. The Balaban J connectivity index is 2.50. The second-order valence-electron chi connectivity index (χ2n) is 4.39. The summed E-state index contributed by atoms with van der Waals surface area (Å²) in [4.78, 5) is 4.43. The Labute approximate surface area is 89.3 Å². The first-order valence-corrected chi connectivity index (χ1v) is 5.22. The molecule has 0 aliphatic carbocycles. The summed E-state index contributed by atoms with van der Waals surface area (Å²) < 4.78 is 5.70. The van der Waals surface area contributed by atoms with Gasteiger partial charge >= 0.3 is 0 Å². The van der Waals surface area contributed by atoms with E-state index in [2.05, 4.69) is 18.8 Å². The van der Waals surface area contributed by atoms with Crippen LogP contribution in [0.3, 0.4) is 0 Å². The Morgan fingerprint density at radius 1 is 1.40 bits per heavy atom. The summed E-state index contributed by atoms with van der Waals surface area (Å²) >= 11 is 0. The molecule has 0 atom stereocenters. The third-order valence-electron chi connectivity index (χ3n) is 2.33. The number of benzene rings is 1. The molecular weight excluding hydrogens is 188 g/mol. The highest BCUT2D eigenvalue weighted by Gasteiger charge is 2.09. The lowest BCUT2D eigenvalue weighted by Gasteiger charge is -1.97. The molecule has 0 radical (unpaired) electrons. The van der Waals surface area contributed by atoms with E-state index in [0.29, 0.717) is 5.92 Å². The second kappa shape index (κ2) is 3.57. The fraction of sp³-hybridized carbons (Fsp3) is 0.417. The molecule has 0 spiro atoms. The number of oxazole rings is 1. The van der Waals surface area contributed by atoms with Crippen LogP contribution in [0.5, 0.6) is 0 Å². The van der Waals surface area contributed by atoms with Gasteiger partial charge in [-0.15, -0.1) is 0 Å². The van der Waals surface area contributed by atoms with Gasteiger partial charge in [-0.25, -0.2) is 4.98 Å². The van der Waals surface area contributed by atoms with Crippen LogP contribution < -0.4 is 5.73 Å². The van der Waals surface area contributed by atoms with Crippen molar-refractivity contribution >= 4 is 16.8 Å². The number of rotatable bonds is 2. The summed E-state index contributed by atoms with van der Waals surface area (Å²) in [6.45, 7) is 6.29. The Morgan fingerprint density at radius 3 is 2.80 bits per heavy atom. The molecule has 0 bridgehead atoms. The number of fused-ring (bicyclic) bond motifs is 1. The average molecular weight is 204 g/mol. The van der Waals surface area contributed by atoms with Gasteiger partial charge < -0.3 is 10.2 Å². The summed E-state index contributed by atoms with van der Waals surface area (Å²) in [7, 11) is 0. The van der Waals surface area contributed by atoms with Gasteiger partial charge in [0.05, 0.1) is 0 Å². The van der Waals surface area contributed by atoms with Crippen LogP contribution in [0.1, 0.15) is 25.3 Å². The zero-order chi connectivity index (χ0) is 11.0. The van der Waals surface area contributed by atoms with E-state index in [4.69, 9.17) is 10.2 Å². The smallest absolute Gasteiger partial charge is 0.195 e. The third kappa shape index (κ3) is 1.96.